The standard InChI is InChI=1S/C16H23NO/c1-5-6-7-16(13(2)12-18)14-8-10-15(11-9-14)17(3)4/h8-12,16H,2,5-7H2,1,3-4H3. The molecule has 0 heterocycles. The molecule has 1 rings (SSSR count). The van der Waals surface area contributed by atoms with Crippen LogP contribution in [0.15, 0.2) is 36.4 Å². The summed E-state index contributed by atoms with van der Waals surface area (Å²) >= 11 is 0. The third kappa shape index (κ3) is 3.73. The Morgan fingerprint density at radius 2 is 1.94 bits per heavy atom. The molecule has 0 aliphatic rings. The monoisotopic (exact) mass is 245 g/mol. The molecule has 0 saturated heterocycles. The number of aldehydes is 1. The number of allylic oxidation sites excluding steroid dienone is 1. The first-order valence-electron chi connectivity index (χ1n) is 6.51. The van der Waals surface area contributed by atoms with Crippen LogP contribution in [0.25, 0.3) is 0 Å². The molecule has 98 valence electrons. The Bertz CT molecular complexity index is 392. The Kier molecular flexibility index (Phi) is 5.63. The van der Waals surface area contributed by atoms with Crippen molar-refractivity contribution >= 4 is 12.0 Å². The van der Waals surface area contributed by atoms with Crippen LogP contribution in [0.5, 0.6) is 0 Å². The van der Waals surface area contributed by atoms with Crippen LogP contribution in [-0.2, 0) is 4.79 Å². The van der Waals surface area contributed by atoms with Crippen molar-refractivity contribution in [1.29, 1.82) is 0 Å². The van der Waals surface area contributed by atoms with Gasteiger partial charge in [-0.25, -0.2) is 0 Å². The normalized spacial score (nSPS) is 11.9. The summed E-state index contributed by atoms with van der Waals surface area (Å²) in [5, 5.41) is 0. The molecule has 0 fully saturated rings. The molecule has 18 heavy (non-hydrogen) atoms. The van der Waals surface area contributed by atoms with Gasteiger partial charge in [0.1, 0.15) is 6.29 Å². The van der Waals surface area contributed by atoms with E-state index in [1.165, 1.54) is 11.3 Å². The maximum atomic E-state index is 11.0. The molecular weight excluding hydrogens is 222 g/mol. The Morgan fingerprint density at radius 1 is 1.33 bits per heavy atom. The van der Waals surface area contributed by atoms with Gasteiger partial charge < -0.3 is 4.90 Å². The zero-order valence-corrected chi connectivity index (χ0v) is 11.6. The van der Waals surface area contributed by atoms with Gasteiger partial charge >= 0.3 is 0 Å². The lowest BCUT2D eigenvalue weighted by Gasteiger charge is -2.18. The van der Waals surface area contributed by atoms with E-state index in [0.717, 1.165) is 25.5 Å². The molecule has 0 amide bonds. The van der Waals surface area contributed by atoms with Gasteiger partial charge in [0.2, 0.25) is 0 Å². The van der Waals surface area contributed by atoms with Gasteiger partial charge in [-0.1, -0.05) is 38.5 Å². The highest BCUT2D eigenvalue weighted by molar-refractivity contribution is 5.75. The fourth-order valence-corrected chi connectivity index (χ4v) is 2.06. The van der Waals surface area contributed by atoms with Crippen LogP contribution in [-0.4, -0.2) is 20.4 Å². The van der Waals surface area contributed by atoms with Gasteiger partial charge in [0.05, 0.1) is 0 Å². The van der Waals surface area contributed by atoms with E-state index < -0.39 is 0 Å². The Hall–Kier alpha value is -1.57. The fourth-order valence-electron chi connectivity index (χ4n) is 2.06. The minimum atomic E-state index is 0.165. The summed E-state index contributed by atoms with van der Waals surface area (Å²) < 4.78 is 0. The summed E-state index contributed by atoms with van der Waals surface area (Å²) in [4.78, 5) is 13.0. The fraction of sp³-hybridized carbons (Fsp3) is 0.438. The van der Waals surface area contributed by atoms with Crippen LogP contribution in [0.1, 0.15) is 37.7 Å². The number of anilines is 1. The highest BCUT2D eigenvalue weighted by Crippen LogP contribution is 2.29. The zero-order valence-electron chi connectivity index (χ0n) is 11.6. The van der Waals surface area contributed by atoms with Crippen molar-refractivity contribution in [2.24, 2.45) is 0 Å². The SMILES string of the molecule is C=C(C=O)C(CCCC)c1ccc(N(C)C)cc1. The molecule has 0 N–H and O–H groups in total. The molecule has 1 unspecified atom stereocenters. The maximum absolute atomic E-state index is 11.0. The molecular formula is C16H23NO. The molecule has 0 saturated carbocycles. The summed E-state index contributed by atoms with van der Waals surface area (Å²) in [6.45, 7) is 6.04. The van der Waals surface area contributed by atoms with Crippen molar-refractivity contribution in [2.45, 2.75) is 32.1 Å². The lowest BCUT2D eigenvalue weighted by atomic mass is 9.88. The first-order chi connectivity index (χ1) is 8.60. The molecule has 1 aromatic rings. The van der Waals surface area contributed by atoms with E-state index in [2.05, 4.69) is 42.7 Å². The summed E-state index contributed by atoms with van der Waals surface area (Å²) in [6.07, 6.45) is 4.14. The second-order valence-electron chi connectivity index (χ2n) is 4.87. The van der Waals surface area contributed by atoms with E-state index in [9.17, 15) is 4.79 Å². The number of hydrogen-bond acceptors (Lipinski definition) is 2. The average molecular weight is 245 g/mol. The number of carbonyl (C=O) groups is 1. The topological polar surface area (TPSA) is 20.3 Å². The predicted octanol–water partition coefficient (Wildman–Crippen LogP) is 3.78. The number of rotatable bonds is 7. The smallest absolute Gasteiger partial charge is 0.146 e. The summed E-state index contributed by atoms with van der Waals surface area (Å²) in [5.41, 5.74) is 3.04. The lowest BCUT2D eigenvalue weighted by molar-refractivity contribution is -0.105. The van der Waals surface area contributed by atoms with E-state index in [0.29, 0.717) is 5.57 Å². The van der Waals surface area contributed by atoms with Gasteiger partial charge in [0.15, 0.2) is 0 Å². The van der Waals surface area contributed by atoms with Crippen molar-refractivity contribution in [2.75, 3.05) is 19.0 Å². The minimum absolute atomic E-state index is 0.165. The molecule has 2 nitrogen and oxygen atoms in total. The van der Waals surface area contributed by atoms with Crippen LogP contribution in [0, 0.1) is 0 Å². The van der Waals surface area contributed by atoms with Gasteiger partial charge in [-0.05, 0) is 29.7 Å². The molecule has 0 aliphatic heterocycles. The second-order valence-corrected chi connectivity index (χ2v) is 4.87. The van der Waals surface area contributed by atoms with Crippen molar-refractivity contribution in [1.82, 2.24) is 0 Å². The van der Waals surface area contributed by atoms with Crippen LogP contribution < -0.4 is 4.90 Å². The molecule has 1 atom stereocenters. The number of benzene rings is 1. The highest BCUT2D eigenvalue weighted by Gasteiger charge is 2.14. The van der Waals surface area contributed by atoms with Crippen molar-refractivity contribution in [3.8, 4) is 0 Å². The molecule has 2 heteroatoms. The molecule has 1 aromatic carbocycles. The number of hydrogen-bond donors (Lipinski definition) is 0. The Balaban J connectivity index is 2.90. The predicted molar refractivity (Wildman–Crippen MR) is 78.2 cm³/mol. The third-order valence-electron chi connectivity index (χ3n) is 3.26. The van der Waals surface area contributed by atoms with E-state index in [4.69, 9.17) is 0 Å². The van der Waals surface area contributed by atoms with E-state index in [1.54, 1.807) is 0 Å². The van der Waals surface area contributed by atoms with Gasteiger partial charge in [0.25, 0.3) is 0 Å². The molecule has 0 spiro atoms. The van der Waals surface area contributed by atoms with Gasteiger partial charge in [-0.3, -0.25) is 4.79 Å². The van der Waals surface area contributed by atoms with E-state index in [-0.39, 0.29) is 5.92 Å². The second kappa shape index (κ2) is 7.00. The van der Waals surface area contributed by atoms with Crippen LogP contribution in [0.3, 0.4) is 0 Å². The van der Waals surface area contributed by atoms with Crippen LogP contribution in [0.2, 0.25) is 0 Å². The zero-order chi connectivity index (χ0) is 13.5. The quantitative estimate of drug-likeness (QED) is 0.538. The van der Waals surface area contributed by atoms with Gasteiger partial charge in [0, 0.05) is 25.7 Å². The average Bonchev–Trinajstić information content (AvgIpc) is 2.39. The lowest BCUT2D eigenvalue weighted by Crippen LogP contribution is -2.09. The Morgan fingerprint density at radius 3 is 2.39 bits per heavy atom. The molecule has 0 aliphatic carbocycles. The number of nitrogens with zero attached hydrogens (tertiary/aromatic N) is 1. The summed E-state index contributed by atoms with van der Waals surface area (Å²) in [5.74, 6) is 0.165. The van der Waals surface area contributed by atoms with E-state index >= 15 is 0 Å². The minimum Gasteiger partial charge on any atom is -0.378 e. The summed E-state index contributed by atoms with van der Waals surface area (Å²) in [7, 11) is 4.04. The van der Waals surface area contributed by atoms with Crippen LogP contribution >= 0.6 is 0 Å². The summed E-state index contributed by atoms with van der Waals surface area (Å²) in [6, 6.07) is 8.38. The highest BCUT2D eigenvalue weighted by atomic mass is 16.1. The Labute approximate surface area is 110 Å². The molecule has 0 aromatic heterocycles. The largest absolute Gasteiger partial charge is 0.378 e. The molecule has 0 radical (unpaired) electrons. The third-order valence-corrected chi connectivity index (χ3v) is 3.26. The van der Waals surface area contributed by atoms with E-state index in [1.807, 2.05) is 14.1 Å². The van der Waals surface area contributed by atoms with Gasteiger partial charge in [-0.2, -0.15) is 0 Å². The number of unbranched alkanes of at least 4 members (excludes halogenated alkanes) is 1. The van der Waals surface area contributed by atoms with Crippen LogP contribution in [0.4, 0.5) is 5.69 Å². The number of carbonyl (C=O) groups excluding carboxylic acids is 1. The van der Waals surface area contributed by atoms with Crippen molar-refractivity contribution < 1.29 is 4.79 Å². The van der Waals surface area contributed by atoms with Crippen molar-refractivity contribution in [3.63, 3.8) is 0 Å². The first kappa shape index (κ1) is 14.5. The van der Waals surface area contributed by atoms with Gasteiger partial charge in [-0.15, -0.1) is 0 Å². The first-order valence-corrected chi connectivity index (χ1v) is 6.51. The van der Waals surface area contributed by atoms with Crippen molar-refractivity contribution in [3.05, 3.63) is 42.0 Å². The molecule has 0 bridgehead atoms. The maximum Gasteiger partial charge on any atom is 0.146 e.